The molecular weight excluding hydrogens is 328 g/mol. The van der Waals surface area contributed by atoms with E-state index in [2.05, 4.69) is 5.32 Å². The van der Waals surface area contributed by atoms with Gasteiger partial charge in [0.05, 0.1) is 19.1 Å². The zero-order valence-electron chi connectivity index (χ0n) is 15.0. The second kappa shape index (κ2) is 7.38. The van der Waals surface area contributed by atoms with Crippen molar-refractivity contribution in [3.05, 3.63) is 59.7 Å². The first kappa shape index (κ1) is 16.9. The van der Waals surface area contributed by atoms with Gasteiger partial charge in [0.1, 0.15) is 18.1 Å². The summed E-state index contributed by atoms with van der Waals surface area (Å²) in [5.74, 6) is 1.75. The fraction of sp³-hybridized carbons (Fsp3) is 0.381. The summed E-state index contributed by atoms with van der Waals surface area (Å²) in [5.41, 5.74) is 2.16. The van der Waals surface area contributed by atoms with E-state index in [0.29, 0.717) is 13.2 Å². The van der Waals surface area contributed by atoms with E-state index in [0.717, 1.165) is 42.1 Å². The van der Waals surface area contributed by atoms with Crippen LogP contribution in [0, 0.1) is 5.92 Å². The summed E-state index contributed by atoms with van der Waals surface area (Å²) in [6.07, 6.45) is 0.734. The lowest BCUT2D eigenvalue weighted by Gasteiger charge is -2.39. The van der Waals surface area contributed by atoms with Gasteiger partial charge in [-0.2, -0.15) is 0 Å². The van der Waals surface area contributed by atoms with Gasteiger partial charge in [-0.1, -0.05) is 36.4 Å². The number of ether oxygens (including phenoxy) is 2. The number of para-hydroxylation sites is 2. The zero-order chi connectivity index (χ0) is 17.9. The Balaban J connectivity index is 1.58. The van der Waals surface area contributed by atoms with E-state index >= 15 is 0 Å². The molecule has 0 radical (unpaired) electrons. The van der Waals surface area contributed by atoms with E-state index < -0.39 is 0 Å². The fourth-order valence-electron chi connectivity index (χ4n) is 3.91. The number of piperazine rings is 1. The van der Waals surface area contributed by atoms with Crippen molar-refractivity contribution in [3.63, 3.8) is 0 Å². The van der Waals surface area contributed by atoms with Gasteiger partial charge in [0.2, 0.25) is 5.91 Å². The number of carbonyl (C=O) groups excluding carboxylic acids is 1. The minimum atomic E-state index is -0.139. The van der Waals surface area contributed by atoms with Gasteiger partial charge in [0.25, 0.3) is 0 Å². The van der Waals surface area contributed by atoms with Crippen LogP contribution in [-0.4, -0.2) is 44.2 Å². The molecule has 2 aliphatic heterocycles. The quantitative estimate of drug-likeness (QED) is 0.922. The maximum Gasteiger partial charge on any atom is 0.230 e. The lowest BCUT2D eigenvalue weighted by Crippen LogP contribution is -2.51. The molecule has 0 bridgehead atoms. The third-order valence-electron chi connectivity index (χ3n) is 5.25. The molecule has 0 saturated carbocycles. The van der Waals surface area contributed by atoms with Crippen LogP contribution in [0.4, 0.5) is 0 Å². The molecule has 2 atom stereocenters. The Labute approximate surface area is 153 Å². The molecule has 1 fully saturated rings. The summed E-state index contributed by atoms with van der Waals surface area (Å²) in [6.45, 7) is 2.68. The van der Waals surface area contributed by atoms with Crippen molar-refractivity contribution >= 4 is 5.91 Å². The average Bonchev–Trinajstić information content (AvgIpc) is 2.73. The molecule has 0 spiro atoms. The monoisotopic (exact) mass is 352 g/mol. The molecule has 2 aliphatic rings. The largest absolute Gasteiger partial charge is 0.496 e. The molecule has 1 saturated heterocycles. The first-order valence-electron chi connectivity index (χ1n) is 9.12. The molecule has 0 aliphatic carbocycles. The van der Waals surface area contributed by atoms with Gasteiger partial charge in [-0.3, -0.25) is 4.79 Å². The Morgan fingerprint density at radius 1 is 1.19 bits per heavy atom. The summed E-state index contributed by atoms with van der Waals surface area (Å²) in [7, 11) is 1.67. The van der Waals surface area contributed by atoms with Crippen molar-refractivity contribution in [1.82, 2.24) is 10.2 Å². The highest BCUT2D eigenvalue weighted by Crippen LogP contribution is 2.33. The molecule has 5 nitrogen and oxygen atoms in total. The van der Waals surface area contributed by atoms with Crippen LogP contribution in [0.1, 0.15) is 17.2 Å². The number of hydrogen-bond acceptors (Lipinski definition) is 4. The predicted molar refractivity (Wildman–Crippen MR) is 99.4 cm³/mol. The molecule has 2 unspecified atom stereocenters. The Bertz CT molecular complexity index is 792. The summed E-state index contributed by atoms with van der Waals surface area (Å²) >= 11 is 0. The number of nitrogens with one attached hydrogen (secondary N) is 1. The first-order chi connectivity index (χ1) is 12.8. The molecule has 1 N–H and O–H groups in total. The molecule has 2 aromatic carbocycles. The smallest absolute Gasteiger partial charge is 0.230 e. The second-order valence-electron chi connectivity index (χ2n) is 6.81. The van der Waals surface area contributed by atoms with Crippen LogP contribution in [0.15, 0.2) is 48.5 Å². The highest BCUT2D eigenvalue weighted by Gasteiger charge is 2.35. The van der Waals surface area contributed by atoms with E-state index in [4.69, 9.17) is 9.47 Å². The Morgan fingerprint density at radius 2 is 2.00 bits per heavy atom. The van der Waals surface area contributed by atoms with Crippen LogP contribution in [0.2, 0.25) is 0 Å². The van der Waals surface area contributed by atoms with Crippen LogP contribution in [-0.2, 0) is 11.2 Å². The number of carbonyl (C=O) groups is 1. The standard InChI is InChI=1S/C21H24N2O3/c1-25-20-9-5-3-7-17(20)18-13-22-10-11-23(18)21(24)16-12-15-6-2-4-8-19(15)26-14-16/h2-9,16,18,22H,10-14H2,1H3. The van der Waals surface area contributed by atoms with Gasteiger partial charge in [-0.15, -0.1) is 0 Å². The maximum atomic E-state index is 13.3. The Kier molecular flexibility index (Phi) is 4.80. The van der Waals surface area contributed by atoms with Crippen LogP contribution >= 0.6 is 0 Å². The zero-order valence-corrected chi connectivity index (χ0v) is 15.0. The van der Waals surface area contributed by atoms with Crippen molar-refractivity contribution in [2.75, 3.05) is 33.4 Å². The van der Waals surface area contributed by atoms with Crippen LogP contribution in [0.5, 0.6) is 11.5 Å². The van der Waals surface area contributed by atoms with Gasteiger partial charge in [0.15, 0.2) is 0 Å². The van der Waals surface area contributed by atoms with Crippen molar-refractivity contribution in [2.45, 2.75) is 12.5 Å². The molecule has 5 heteroatoms. The first-order valence-corrected chi connectivity index (χ1v) is 9.12. The lowest BCUT2D eigenvalue weighted by atomic mass is 9.93. The van der Waals surface area contributed by atoms with E-state index in [1.54, 1.807) is 7.11 Å². The number of nitrogens with zero attached hydrogens (tertiary/aromatic N) is 1. The number of methoxy groups -OCH3 is 1. The summed E-state index contributed by atoms with van der Waals surface area (Å²) in [6, 6.07) is 15.9. The van der Waals surface area contributed by atoms with E-state index in [-0.39, 0.29) is 17.9 Å². The summed E-state index contributed by atoms with van der Waals surface area (Å²) in [5, 5.41) is 3.41. The lowest BCUT2D eigenvalue weighted by molar-refractivity contribution is -0.140. The summed E-state index contributed by atoms with van der Waals surface area (Å²) in [4.78, 5) is 15.3. The van der Waals surface area contributed by atoms with Gasteiger partial charge in [-0.05, 0) is 24.1 Å². The normalized spacial score (nSPS) is 22.3. The predicted octanol–water partition coefficient (Wildman–Crippen LogP) is 2.42. The van der Waals surface area contributed by atoms with E-state index in [1.807, 2.05) is 53.4 Å². The van der Waals surface area contributed by atoms with Gasteiger partial charge >= 0.3 is 0 Å². The molecule has 136 valence electrons. The summed E-state index contributed by atoms with van der Waals surface area (Å²) < 4.78 is 11.4. The van der Waals surface area contributed by atoms with Crippen molar-refractivity contribution in [2.24, 2.45) is 5.92 Å². The van der Waals surface area contributed by atoms with Gasteiger partial charge in [0, 0.05) is 25.2 Å². The molecule has 26 heavy (non-hydrogen) atoms. The van der Waals surface area contributed by atoms with E-state index in [9.17, 15) is 4.79 Å². The topological polar surface area (TPSA) is 50.8 Å². The average molecular weight is 352 g/mol. The molecule has 2 heterocycles. The SMILES string of the molecule is COc1ccccc1C1CNCCN1C(=O)C1COc2ccccc2C1. The maximum absolute atomic E-state index is 13.3. The molecule has 2 aromatic rings. The Hall–Kier alpha value is -2.53. The third-order valence-corrected chi connectivity index (χ3v) is 5.25. The highest BCUT2D eigenvalue weighted by molar-refractivity contribution is 5.80. The molecule has 4 rings (SSSR count). The van der Waals surface area contributed by atoms with Gasteiger partial charge in [-0.25, -0.2) is 0 Å². The van der Waals surface area contributed by atoms with Crippen molar-refractivity contribution in [3.8, 4) is 11.5 Å². The third kappa shape index (κ3) is 3.15. The number of amides is 1. The van der Waals surface area contributed by atoms with Crippen molar-refractivity contribution in [1.29, 1.82) is 0 Å². The van der Waals surface area contributed by atoms with Crippen molar-refractivity contribution < 1.29 is 14.3 Å². The Morgan fingerprint density at radius 3 is 2.88 bits per heavy atom. The fourth-order valence-corrected chi connectivity index (χ4v) is 3.91. The minimum absolute atomic E-state index is 0.0235. The number of hydrogen-bond donors (Lipinski definition) is 1. The van der Waals surface area contributed by atoms with Crippen LogP contribution < -0.4 is 14.8 Å². The second-order valence-corrected chi connectivity index (χ2v) is 6.81. The number of fused-ring (bicyclic) bond motifs is 1. The van der Waals surface area contributed by atoms with Crippen LogP contribution in [0.25, 0.3) is 0 Å². The number of benzene rings is 2. The number of rotatable bonds is 3. The molecule has 0 aromatic heterocycles. The molecule has 1 amide bonds. The minimum Gasteiger partial charge on any atom is -0.496 e. The molecular formula is C21H24N2O3. The van der Waals surface area contributed by atoms with E-state index in [1.165, 1.54) is 0 Å². The highest BCUT2D eigenvalue weighted by atomic mass is 16.5. The van der Waals surface area contributed by atoms with Gasteiger partial charge < -0.3 is 19.7 Å². The van der Waals surface area contributed by atoms with Crippen LogP contribution in [0.3, 0.4) is 0 Å².